The monoisotopic (exact) mass is 268 g/mol. The van der Waals surface area contributed by atoms with Crippen molar-refractivity contribution in [2.75, 3.05) is 26.7 Å². The molecule has 0 bridgehead atoms. The largest absolute Gasteiger partial charge is 0.380 e. The van der Waals surface area contributed by atoms with E-state index in [1.807, 2.05) is 7.11 Å². The van der Waals surface area contributed by atoms with Crippen LogP contribution in [0.4, 0.5) is 0 Å². The lowest BCUT2D eigenvalue weighted by atomic mass is 9.70. The fraction of sp³-hybridized carbons (Fsp3) is 1.00. The van der Waals surface area contributed by atoms with E-state index in [4.69, 9.17) is 10.5 Å². The van der Waals surface area contributed by atoms with Gasteiger partial charge in [0, 0.05) is 26.2 Å². The lowest BCUT2D eigenvalue weighted by Gasteiger charge is -2.43. The number of methoxy groups -OCH3 is 1. The van der Waals surface area contributed by atoms with E-state index in [0.29, 0.717) is 29.4 Å². The second-order valence-corrected chi connectivity index (χ2v) is 7.63. The molecule has 0 aromatic rings. The van der Waals surface area contributed by atoms with Crippen molar-refractivity contribution in [3.8, 4) is 0 Å². The van der Waals surface area contributed by atoms with Gasteiger partial charge in [-0.15, -0.1) is 0 Å². The van der Waals surface area contributed by atoms with Crippen LogP contribution < -0.4 is 5.73 Å². The minimum absolute atomic E-state index is 0.397. The van der Waals surface area contributed by atoms with Gasteiger partial charge in [0.15, 0.2) is 0 Å². The minimum Gasteiger partial charge on any atom is -0.380 e. The number of nitrogens with zero attached hydrogens (tertiary/aromatic N) is 1. The second-order valence-electron chi connectivity index (χ2n) is 7.63. The molecule has 2 rings (SSSR count). The number of piperidine rings is 1. The van der Waals surface area contributed by atoms with Crippen molar-refractivity contribution in [1.29, 1.82) is 0 Å². The van der Waals surface area contributed by atoms with Gasteiger partial charge in [0.2, 0.25) is 0 Å². The number of hydrogen-bond donors (Lipinski definition) is 1. The molecule has 1 aliphatic carbocycles. The molecule has 0 spiro atoms. The Morgan fingerprint density at radius 3 is 2.74 bits per heavy atom. The predicted octanol–water partition coefficient (Wildman–Crippen LogP) is 2.50. The van der Waals surface area contributed by atoms with E-state index in [0.717, 1.165) is 13.1 Å². The Kier molecular flexibility index (Phi) is 4.91. The van der Waals surface area contributed by atoms with E-state index >= 15 is 0 Å². The summed E-state index contributed by atoms with van der Waals surface area (Å²) in [6.07, 6.45) is 5.40. The summed E-state index contributed by atoms with van der Waals surface area (Å²) in [4.78, 5) is 2.58. The first-order valence-electron chi connectivity index (χ1n) is 7.92. The molecule has 2 fully saturated rings. The fourth-order valence-electron chi connectivity index (χ4n) is 3.86. The number of likely N-dealkylation sites (tertiary alicyclic amines) is 1. The van der Waals surface area contributed by atoms with Crippen LogP contribution in [-0.4, -0.2) is 43.8 Å². The molecule has 4 unspecified atom stereocenters. The van der Waals surface area contributed by atoms with Gasteiger partial charge in [-0.2, -0.15) is 0 Å². The predicted molar refractivity (Wildman–Crippen MR) is 80.1 cm³/mol. The molecular formula is C16H32N2O. The minimum atomic E-state index is 0.397. The Labute approximate surface area is 118 Å². The highest BCUT2D eigenvalue weighted by atomic mass is 16.5. The summed E-state index contributed by atoms with van der Waals surface area (Å²) in [7, 11) is 1.85. The van der Waals surface area contributed by atoms with Crippen molar-refractivity contribution < 1.29 is 4.74 Å². The van der Waals surface area contributed by atoms with Crippen LogP contribution in [0.1, 0.15) is 46.5 Å². The van der Waals surface area contributed by atoms with Crippen LogP contribution in [0.15, 0.2) is 0 Å². The van der Waals surface area contributed by atoms with Gasteiger partial charge in [0.05, 0.1) is 6.10 Å². The maximum atomic E-state index is 6.35. The first-order chi connectivity index (χ1) is 8.91. The van der Waals surface area contributed by atoms with E-state index in [1.165, 1.54) is 32.2 Å². The zero-order chi connectivity index (χ0) is 14.0. The molecule has 1 saturated carbocycles. The number of nitrogens with two attached hydrogens (primary N) is 1. The molecule has 112 valence electrons. The Morgan fingerprint density at radius 2 is 2.05 bits per heavy atom. The molecule has 1 aliphatic heterocycles. The summed E-state index contributed by atoms with van der Waals surface area (Å²) < 4.78 is 5.62. The van der Waals surface area contributed by atoms with Gasteiger partial charge in [0.1, 0.15) is 0 Å². The smallest absolute Gasteiger partial charge is 0.0724 e. The van der Waals surface area contributed by atoms with Gasteiger partial charge < -0.3 is 15.4 Å². The van der Waals surface area contributed by atoms with E-state index in [1.54, 1.807) is 0 Å². The SMILES string of the molecule is COC1CN(CC2CC(C)(C)CCC2N)CCC1C. The van der Waals surface area contributed by atoms with Gasteiger partial charge in [0.25, 0.3) is 0 Å². The van der Waals surface area contributed by atoms with Crippen molar-refractivity contribution >= 4 is 0 Å². The summed E-state index contributed by atoms with van der Waals surface area (Å²) in [6.45, 7) is 10.5. The summed E-state index contributed by atoms with van der Waals surface area (Å²) in [6, 6.07) is 0.397. The molecular weight excluding hydrogens is 236 g/mol. The van der Waals surface area contributed by atoms with Crippen LogP contribution in [0.5, 0.6) is 0 Å². The fourth-order valence-corrected chi connectivity index (χ4v) is 3.86. The Balaban J connectivity index is 1.89. The third kappa shape index (κ3) is 3.93. The summed E-state index contributed by atoms with van der Waals surface area (Å²) in [5.41, 5.74) is 6.83. The second kappa shape index (κ2) is 6.11. The maximum absolute atomic E-state index is 6.35. The van der Waals surface area contributed by atoms with Crippen molar-refractivity contribution in [2.24, 2.45) is 23.0 Å². The quantitative estimate of drug-likeness (QED) is 0.854. The molecule has 0 radical (unpaired) electrons. The normalized spacial score (nSPS) is 40.3. The zero-order valence-corrected chi connectivity index (χ0v) is 13.2. The Hall–Kier alpha value is -0.120. The van der Waals surface area contributed by atoms with Crippen LogP contribution in [-0.2, 0) is 4.74 Å². The van der Waals surface area contributed by atoms with E-state index in [9.17, 15) is 0 Å². The average Bonchev–Trinajstić information content (AvgIpc) is 2.36. The lowest BCUT2D eigenvalue weighted by molar-refractivity contribution is -0.0152. The van der Waals surface area contributed by atoms with Crippen LogP contribution in [0.25, 0.3) is 0 Å². The Bertz CT molecular complexity index is 292. The molecule has 1 saturated heterocycles. The molecule has 19 heavy (non-hydrogen) atoms. The van der Waals surface area contributed by atoms with Crippen molar-refractivity contribution in [2.45, 2.75) is 58.6 Å². The van der Waals surface area contributed by atoms with Crippen LogP contribution in [0.2, 0.25) is 0 Å². The van der Waals surface area contributed by atoms with Crippen LogP contribution >= 0.6 is 0 Å². The van der Waals surface area contributed by atoms with Crippen LogP contribution in [0.3, 0.4) is 0 Å². The van der Waals surface area contributed by atoms with Gasteiger partial charge >= 0.3 is 0 Å². The molecule has 1 heterocycles. The Morgan fingerprint density at radius 1 is 1.32 bits per heavy atom. The van der Waals surface area contributed by atoms with Gasteiger partial charge in [-0.1, -0.05) is 20.8 Å². The van der Waals surface area contributed by atoms with E-state index < -0.39 is 0 Å². The molecule has 2 aliphatic rings. The van der Waals surface area contributed by atoms with Crippen molar-refractivity contribution in [1.82, 2.24) is 4.90 Å². The summed E-state index contributed by atoms with van der Waals surface area (Å²) >= 11 is 0. The first-order valence-corrected chi connectivity index (χ1v) is 7.92. The van der Waals surface area contributed by atoms with Crippen molar-refractivity contribution in [3.63, 3.8) is 0 Å². The molecule has 0 aromatic heterocycles. The first kappa shape index (κ1) is 15.3. The third-order valence-corrected chi connectivity index (χ3v) is 5.34. The highest BCUT2D eigenvalue weighted by Crippen LogP contribution is 2.38. The highest BCUT2D eigenvalue weighted by molar-refractivity contribution is 4.90. The van der Waals surface area contributed by atoms with Crippen LogP contribution in [0, 0.1) is 17.3 Å². The number of hydrogen-bond acceptors (Lipinski definition) is 3. The molecule has 3 heteroatoms. The van der Waals surface area contributed by atoms with Gasteiger partial charge in [-0.25, -0.2) is 0 Å². The standard InChI is InChI=1S/C16H32N2O/c1-12-6-8-18(11-15(12)19-4)10-13-9-16(2,3)7-5-14(13)17/h12-15H,5-11,17H2,1-4H3. The topological polar surface area (TPSA) is 38.5 Å². The highest BCUT2D eigenvalue weighted by Gasteiger charge is 2.35. The van der Waals surface area contributed by atoms with E-state index in [-0.39, 0.29) is 0 Å². The van der Waals surface area contributed by atoms with Crippen molar-refractivity contribution in [3.05, 3.63) is 0 Å². The summed E-state index contributed by atoms with van der Waals surface area (Å²) in [5.74, 6) is 1.35. The maximum Gasteiger partial charge on any atom is 0.0724 e. The molecule has 3 nitrogen and oxygen atoms in total. The van der Waals surface area contributed by atoms with Gasteiger partial charge in [-0.3, -0.25) is 0 Å². The number of ether oxygens (including phenoxy) is 1. The average molecular weight is 268 g/mol. The van der Waals surface area contributed by atoms with E-state index in [2.05, 4.69) is 25.7 Å². The summed E-state index contributed by atoms with van der Waals surface area (Å²) in [5, 5.41) is 0. The molecule has 2 N–H and O–H groups in total. The molecule has 4 atom stereocenters. The third-order valence-electron chi connectivity index (χ3n) is 5.34. The lowest BCUT2D eigenvalue weighted by Crippen LogP contribution is -2.50. The molecule has 0 aromatic carbocycles. The van der Waals surface area contributed by atoms with Gasteiger partial charge in [-0.05, 0) is 49.5 Å². The molecule has 0 amide bonds. The zero-order valence-electron chi connectivity index (χ0n) is 13.2. The number of rotatable bonds is 3.